The number of carbonyl (C=O) groups excluding carboxylic acids is 5. The van der Waals surface area contributed by atoms with Crippen molar-refractivity contribution >= 4 is 35.6 Å². The highest BCUT2D eigenvalue weighted by Gasteiger charge is 2.58. The third-order valence-electron chi connectivity index (χ3n) is 8.36. The maximum absolute atomic E-state index is 13.8. The largest absolute Gasteiger partial charge is 0.444 e. The standard InChI is InChI=1S/C33H40N4O7/c1-20(34-30(41)43-32(3,4)5)28(39)35-25-13-14-26-24(17-25)15-16-33(26)29(40)37(31(42)44-33)19-27(38)36(21(2)23-11-12-23)18-22-9-7-6-8-10-22/h6-10,13-14,17,20-21,23H,11-12,15-16,18-19H2,1-5H3,(H,34,41)(H,35,39)/t20-,21-,33?/m0/s1. The summed E-state index contributed by atoms with van der Waals surface area (Å²) in [6, 6.07) is 13.8. The molecule has 3 aliphatic rings. The van der Waals surface area contributed by atoms with E-state index in [0.29, 0.717) is 30.1 Å². The lowest BCUT2D eigenvalue weighted by molar-refractivity contribution is -0.143. The zero-order valence-corrected chi connectivity index (χ0v) is 25.8. The highest BCUT2D eigenvalue weighted by atomic mass is 16.6. The topological polar surface area (TPSA) is 134 Å². The van der Waals surface area contributed by atoms with Gasteiger partial charge in [0.05, 0.1) is 0 Å². The van der Waals surface area contributed by atoms with Gasteiger partial charge in [-0.25, -0.2) is 14.5 Å². The molecule has 1 heterocycles. The molecule has 0 bridgehead atoms. The van der Waals surface area contributed by atoms with Crippen LogP contribution in [0.3, 0.4) is 0 Å². The molecule has 11 nitrogen and oxygen atoms in total. The van der Waals surface area contributed by atoms with Gasteiger partial charge >= 0.3 is 12.2 Å². The van der Waals surface area contributed by atoms with Crippen LogP contribution in [0.15, 0.2) is 48.5 Å². The minimum absolute atomic E-state index is 0.0201. The number of amides is 5. The number of benzene rings is 2. The van der Waals surface area contributed by atoms with Gasteiger partial charge in [0, 0.05) is 30.3 Å². The van der Waals surface area contributed by atoms with Gasteiger partial charge < -0.3 is 25.0 Å². The van der Waals surface area contributed by atoms with Gasteiger partial charge in [-0.2, -0.15) is 0 Å². The SMILES string of the molecule is C[C@H](NC(=O)OC(C)(C)C)C(=O)Nc1ccc2c(c1)CCC21OC(=O)N(CC(=O)N(Cc2ccccc2)[C@@H](C)C2CC2)C1=O. The Bertz CT molecular complexity index is 1470. The molecule has 1 spiro atoms. The van der Waals surface area contributed by atoms with Crippen molar-refractivity contribution in [1.82, 2.24) is 15.1 Å². The molecule has 5 amide bonds. The van der Waals surface area contributed by atoms with Crippen molar-refractivity contribution in [3.05, 3.63) is 65.2 Å². The summed E-state index contributed by atoms with van der Waals surface area (Å²) in [4.78, 5) is 67.9. The number of nitrogens with one attached hydrogen (secondary N) is 2. The Morgan fingerprint density at radius 1 is 1.09 bits per heavy atom. The summed E-state index contributed by atoms with van der Waals surface area (Å²) >= 11 is 0. The molecule has 0 radical (unpaired) electrons. The average molecular weight is 605 g/mol. The molecule has 2 N–H and O–H groups in total. The third kappa shape index (κ3) is 6.56. The number of anilines is 1. The predicted octanol–water partition coefficient (Wildman–Crippen LogP) is 4.49. The van der Waals surface area contributed by atoms with Crippen LogP contribution < -0.4 is 10.6 Å². The number of nitrogens with zero attached hydrogens (tertiary/aromatic N) is 2. The lowest BCUT2D eigenvalue weighted by atomic mass is 9.94. The number of alkyl carbamates (subject to hydrolysis) is 1. The molecule has 44 heavy (non-hydrogen) atoms. The molecule has 11 heteroatoms. The van der Waals surface area contributed by atoms with Crippen LogP contribution in [0.25, 0.3) is 0 Å². The predicted molar refractivity (Wildman–Crippen MR) is 161 cm³/mol. The van der Waals surface area contributed by atoms with E-state index in [1.54, 1.807) is 50.8 Å². The lowest BCUT2D eigenvalue weighted by Crippen LogP contribution is -2.47. The quantitative estimate of drug-likeness (QED) is 0.431. The molecule has 5 rings (SSSR count). The summed E-state index contributed by atoms with van der Waals surface area (Å²) in [6.07, 6.45) is 1.22. The van der Waals surface area contributed by atoms with Gasteiger partial charge in [0.1, 0.15) is 18.2 Å². The second-order valence-electron chi connectivity index (χ2n) is 12.9. The van der Waals surface area contributed by atoms with Crippen molar-refractivity contribution in [1.29, 1.82) is 0 Å². The van der Waals surface area contributed by atoms with Crippen LogP contribution in [0.4, 0.5) is 15.3 Å². The summed E-state index contributed by atoms with van der Waals surface area (Å²) < 4.78 is 10.9. The fourth-order valence-corrected chi connectivity index (χ4v) is 5.83. The van der Waals surface area contributed by atoms with E-state index in [4.69, 9.17) is 9.47 Å². The molecule has 2 fully saturated rings. The summed E-state index contributed by atoms with van der Waals surface area (Å²) in [5, 5.41) is 5.27. The fraction of sp³-hybridized carbons (Fsp3) is 0.485. The maximum atomic E-state index is 13.8. The van der Waals surface area contributed by atoms with Crippen LogP contribution in [-0.2, 0) is 42.4 Å². The first-order valence-corrected chi connectivity index (χ1v) is 15.1. The molecule has 1 saturated carbocycles. The summed E-state index contributed by atoms with van der Waals surface area (Å²) in [7, 11) is 0. The van der Waals surface area contributed by atoms with Gasteiger partial charge in [-0.05, 0) is 83.1 Å². The van der Waals surface area contributed by atoms with Crippen molar-refractivity contribution in [2.45, 2.75) is 90.1 Å². The Labute approximate surface area is 257 Å². The summed E-state index contributed by atoms with van der Waals surface area (Å²) in [5.74, 6) is -0.902. The highest BCUT2D eigenvalue weighted by molar-refractivity contribution is 6.06. The molecule has 1 aliphatic heterocycles. The van der Waals surface area contributed by atoms with Crippen LogP contribution in [-0.4, -0.2) is 63.9 Å². The van der Waals surface area contributed by atoms with Crippen LogP contribution in [0.2, 0.25) is 0 Å². The molecule has 2 aliphatic carbocycles. The van der Waals surface area contributed by atoms with E-state index in [2.05, 4.69) is 10.6 Å². The van der Waals surface area contributed by atoms with Gasteiger partial charge in [-0.15, -0.1) is 0 Å². The van der Waals surface area contributed by atoms with E-state index in [9.17, 15) is 24.0 Å². The second-order valence-corrected chi connectivity index (χ2v) is 12.9. The third-order valence-corrected chi connectivity index (χ3v) is 8.36. The van der Waals surface area contributed by atoms with Gasteiger partial charge in [0.2, 0.25) is 17.4 Å². The van der Waals surface area contributed by atoms with Crippen LogP contribution in [0.5, 0.6) is 0 Å². The van der Waals surface area contributed by atoms with Gasteiger partial charge in [-0.1, -0.05) is 36.4 Å². The van der Waals surface area contributed by atoms with Crippen molar-refractivity contribution < 1.29 is 33.4 Å². The normalized spacial score (nSPS) is 20.5. The minimum Gasteiger partial charge on any atom is -0.444 e. The first kappa shape index (κ1) is 31.0. The van der Waals surface area contributed by atoms with E-state index in [-0.39, 0.29) is 18.4 Å². The van der Waals surface area contributed by atoms with Gasteiger partial charge in [0.15, 0.2) is 0 Å². The molecule has 2 aromatic carbocycles. The highest BCUT2D eigenvalue weighted by Crippen LogP contribution is 2.46. The minimum atomic E-state index is -1.51. The number of hydrogen-bond acceptors (Lipinski definition) is 7. The van der Waals surface area contributed by atoms with Crippen molar-refractivity contribution in [2.24, 2.45) is 5.92 Å². The number of fused-ring (bicyclic) bond motifs is 2. The number of aryl methyl sites for hydroxylation is 1. The molecule has 234 valence electrons. The number of imide groups is 1. The molecule has 0 aromatic heterocycles. The zero-order chi connectivity index (χ0) is 31.8. The Morgan fingerprint density at radius 3 is 2.45 bits per heavy atom. The van der Waals surface area contributed by atoms with E-state index in [1.165, 1.54) is 0 Å². The lowest BCUT2D eigenvalue weighted by Gasteiger charge is -2.30. The van der Waals surface area contributed by atoms with Gasteiger partial charge in [-0.3, -0.25) is 14.4 Å². The molecular formula is C33H40N4O7. The first-order valence-electron chi connectivity index (χ1n) is 15.1. The fourth-order valence-electron chi connectivity index (χ4n) is 5.83. The van der Waals surface area contributed by atoms with Crippen molar-refractivity contribution in [3.63, 3.8) is 0 Å². The molecule has 1 unspecified atom stereocenters. The maximum Gasteiger partial charge on any atom is 0.418 e. The number of carbonyl (C=O) groups is 5. The molecule has 1 saturated heterocycles. The summed E-state index contributed by atoms with van der Waals surface area (Å²) in [6.45, 7) is 8.75. The van der Waals surface area contributed by atoms with E-state index >= 15 is 0 Å². The second kappa shape index (κ2) is 11.9. The Balaban J connectivity index is 1.26. The van der Waals surface area contributed by atoms with Crippen molar-refractivity contribution in [2.75, 3.05) is 11.9 Å². The Hall–Kier alpha value is -4.41. The zero-order valence-electron chi connectivity index (χ0n) is 25.8. The summed E-state index contributed by atoms with van der Waals surface area (Å²) in [5.41, 5.74) is 0.527. The number of ether oxygens (including phenoxy) is 2. The van der Waals surface area contributed by atoms with E-state index < -0.39 is 47.8 Å². The Morgan fingerprint density at radius 2 is 1.80 bits per heavy atom. The smallest absolute Gasteiger partial charge is 0.418 e. The van der Waals surface area contributed by atoms with Gasteiger partial charge in [0.25, 0.3) is 5.91 Å². The average Bonchev–Trinajstić information content (AvgIpc) is 3.71. The van der Waals surface area contributed by atoms with Crippen LogP contribution in [0.1, 0.15) is 70.6 Å². The molecular weight excluding hydrogens is 564 g/mol. The van der Waals surface area contributed by atoms with E-state index in [0.717, 1.165) is 28.9 Å². The van der Waals surface area contributed by atoms with Crippen LogP contribution >= 0.6 is 0 Å². The van der Waals surface area contributed by atoms with E-state index in [1.807, 2.05) is 37.3 Å². The van der Waals surface area contributed by atoms with Crippen LogP contribution in [0, 0.1) is 5.92 Å². The molecule has 2 aromatic rings. The van der Waals surface area contributed by atoms with Crippen molar-refractivity contribution in [3.8, 4) is 0 Å². The Kier molecular flexibility index (Phi) is 8.42. The number of rotatable bonds is 9. The monoisotopic (exact) mass is 604 g/mol. The number of hydrogen-bond donors (Lipinski definition) is 2. The first-order chi connectivity index (χ1) is 20.8. The molecule has 3 atom stereocenters.